The first kappa shape index (κ1) is 7.29. The van der Waals surface area contributed by atoms with Gasteiger partial charge < -0.3 is 0 Å². The van der Waals surface area contributed by atoms with Gasteiger partial charge in [-0.15, -0.1) is 11.6 Å². The Morgan fingerprint density at radius 2 is 2.00 bits per heavy atom. The van der Waals surface area contributed by atoms with Gasteiger partial charge in [0, 0.05) is 4.87 Å². The predicted molar refractivity (Wildman–Crippen MR) is 34.5 cm³/mol. The van der Waals surface area contributed by atoms with Gasteiger partial charge in [-0.05, 0) is 20.3 Å². The maximum atomic E-state index is 5.79. The molecule has 0 saturated carbocycles. The minimum absolute atomic E-state index is 0.0399. The minimum atomic E-state index is -0.0399. The summed E-state index contributed by atoms with van der Waals surface area (Å²) in [4.78, 5) is -0.0399. The van der Waals surface area contributed by atoms with Gasteiger partial charge in [-0.2, -0.15) is 0 Å². The smallest absolute Gasteiger partial charge is 0.0390 e. The van der Waals surface area contributed by atoms with E-state index in [-0.39, 0.29) is 4.87 Å². The highest BCUT2D eigenvalue weighted by atomic mass is 35.5. The lowest BCUT2D eigenvalue weighted by Gasteiger charge is -2.12. The number of hydrogen-bond donors (Lipinski definition) is 0. The SMILES string of the molecule is [CH2]CCC(C)(C)Cl. The van der Waals surface area contributed by atoms with Gasteiger partial charge in [-0.25, -0.2) is 0 Å². The van der Waals surface area contributed by atoms with Crippen molar-refractivity contribution >= 4 is 11.6 Å². The Balaban J connectivity index is 3.15. The lowest BCUT2D eigenvalue weighted by Crippen LogP contribution is -2.07. The van der Waals surface area contributed by atoms with E-state index in [0.717, 1.165) is 12.8 Å². The number of halogens is 1. The highest BCUT2D eigenvalue weighted by Gasteiger charge is 2.09. The molecule has 43 valence electrons. The van der Waals surface area contributed by atoms with Crippen LogP contribution in [0.15, 0.2) is 0 Å². The second-order valence-corrected chi connectivity index (χ2v) is 3.35. The standard InChI is InChI=1S/C6H12Cl/c1-4-5-6(2,3)7/h1,4-5H2,2-3H3. The van der Waals surface area contributed by atoms with E-state index in [4.69, 9.17) is 11.6 Å². The first-order valence-corrected chi connectivity index (χ1v) is 2.92. The summed E-state index contributed by atoms with van der Waals surface area (Å²) in [6, 6.07) is 0. The molecule has 0 saturated heterocycles. The molecule has 1 radical (unpaired) electrons. The van der Waals surface area contributed by atoms with Gasteiger partial charge in [0.05, 0.1) is 0 Å². The molecule has 0 spiro atoms. The highest BCUT2D eigenvalue weighted by Crippen LogP contribution is 2.18. The van der Waals surface area contributed by atoms with Crippen molar-refractivity contribution in [1.82, 2.24) is 0 Å². The molecule has 0 aliphatic rings. The van der Waals surface area contributed by atoms with Crippen molar-refractivity contribution in [2.45, 2.75) is 31.6 Å². The topological polar surface area (TPSA) is 0 Å². The van der Waals surface area contributed by atoms with Gasteiger partial charge in [0.1, 0.15) is 0 Å². The summed E-state index contributed by atoms with van der Waals surface area (Å²) >= 11 is 5.79. The fourth-order valence-electron chi connectivity index (χ4n) is 0.420. The van der Waals surface area contributed by atoms with Gasteiger partial charge in [-0.1, -0.05) is 13.3 Å². The molecule has 0 nitrogen and oxygen atoms in total. The molecule has 0 heterocycles. The van der Waals surface area contributed by atoms with Crippen LogP contribution in [0.1, 0.15) is 26.7 Å². The molecular formula is C6H12Cl. The predicted octanol–water partition coefficient (Wildman–Crippen LogP) is 2.62. The van der Waals surface area contributed by atoms with Gasteiger partial charge in [0.15, 0.2) is 0 Å². The van der Waals surface area contributed by atoms with Crippen LogP contribution < -0.4 is 0 Å². The summed E-state index contributed by atoms with van der Waals surface area (Å²) in [6.07, 6.45) is 1.92. The average molecular weight is 120 g/mol. The first-order chi connectivity index (χ1) is 3.06. The van der Waals surface area contributed by atoms with Crippen LogP contribution in [0, 0.1) is 6.92 Å². The second kappa shape index (κ2) is 2.56. The third-order valence-electron chi connectivity index (χ3n) is 0.771. The van der Waals surface area contributed by atoms with E-state index < -0.39 is 0 Å². The van der Waals surface area contributed by atoms with Gasteiger partial charge in [0.2, 0.25) is 0 Å². The average Bonchev–Trinajstić information content (AvgIpc) is 1.30. The van der Waals surface area contributed by atoms with Crippen LogP contribution in [0.5, 0.6) is 0 Å². The first-order valence-electron chi connectivity index (χ1n) is 2.54. The fraction of sp³-hybridized carbons (Fsp3) is 0.833. The van der Waals surface area contributed by atoms with Crippen molar-refractivity contribution in [1.29, 1.82) is 0 Å². The number of alkyl halides is 1. The molecule has 0 atom stereocenters. The summed E-state index contributed by atoms with van der Waals surface area (Å²) < 4.78 is 0. The normalized spacial score (nSPS) is 12.0. The molecule has 0 aliphatic carbocycles. The van der Waals surface area contributed by atoms with Crippen molar-refractivity contribution in [3.63, 3.8) is 0 Å². The van der Waals surface area contributed by atoms with Crippen LogP contribution in [0.4, 0.5) is 0 Å². The Hall–Kier alpha value is 0.290. The minimum Gasteiger partial charge on any atom is -0.120 e. The van der Waals surface area contributed by atoms with Crippen LogP contribution in [-0.2, 0) is 0 Å². The van der Waals surface area contributed by atoms with E-state index in [1.165, 1.54) is 0 Å². The molecule has 7 heavy (non-hydrogen) atoms. The lowest BCUT2D eigenvalue weighted by atomic mass is 10.1. The van der Waals surface area contributed by atoms with Crippen LogP contribution in [0.25, 0.3) is 0 Å². The van der Waals surface area contributed by atoms with Crippen molar-refractivity contribution in [3.8, 4) is 0 Å². The fourth-order valence-corrected chi connectivity index (χ4v) is 0.554. The second-order valence-electron chi connectivity index (χ2n) is 2.32. The zero-order chi connectivity index (χ0) is 5.91. The van der Waals surface area contributed by atoms with Crippen molar-refractivity contribution in [2.24, 2.45) is 0 Å². The largest absolute Gasteiger partial charge is 0.120 e. The Bertz CT molecular complexity index is 42.6. The van der Waals surface area contributed by atoms with Crippen LogP contribution in [0.3, 0.4) is 0 Å². The molecule has 0 unspecified atom stereocenters. The third-order valence-corrected chi connectivity index (χ3v) is 0.960. The van der Waals surface area contributed by atoms with Crippen molar-refractivity contribution < 1.29 is 0 Å². The summed E-state index contributed by atoms with van der Waals surface area (Å²) in [7, 11) is 0. The molecule has 0 aromatic rings. The summed E-state index contributed by atoms with van der Waals surface area (Å²) in [5.41, 5.74) is 0. The van der Waals surface area contributed by atoms with Gasteiger partial charge in [-0.3, -0.25) is 0 Å². The quantitative estimate of drug-likeness (QED) is 0.491. The molecule has 0 amide bonds. The van der Waals surface area contributed by atoms with Gasteiger partial charge in [0.25, 0.3) is 0 Å². The van der Waals surface area contributed by atoms with Gasteiger partial charge >= 0.3 is 0 Å². The molecule has 0 aromatic heterocycles. The van der Waals surface area contributed by atoms with Crippen LogP contribution in [-0.4, -0.2) is 4.87 Å². The molecule has 0 fully saturated rings. The Labute approximate surface area is 50.9 Å². The summed E-state index contributed by atoms with van der Waals surface area (Å²) in [5.74, 6) is 0. The van der Waals surface area contributed by atoms with Crippen LogP contribution >= 0.6 is 11.6 Å². The van der Waals surface area contributed by atoms with Crippen LogP contribution in [0.2, 0.25) is 0 Å². The van der Waals surface area contributed by atoms with E-state index in [2.05, 4.69) is 6.92 Å². The van der Waals surface area contributed by atoms with E-state index in [1.54, 1.807) is 0 Å². The van der Waals surface area contributed by atoms with E-state index in [1.807, 2.05) is 13.8 Å². The third kappa shape index (κ3) is 6.29. The molecular weight excluding hydrogens is 108 g/mol. The zero-order valence-electron chi connectivity index (χ0n) is 5.00. The molecule has 0 aliphatic heterocycles. The molecule has 0 rings (SSSR count). The van der Waals surface area contributed by atoms with E-state index in [9.17, 15) is 0 Å². The maximum Gasteiger partial charge on any atom is 0.0390 e. The maximum absolute atomic E-state index is 5.79. The number of rotatable bonds is 2. The number of hydrogen-bond acceptors (Lipinski definition) is 0. The molecule has 1 heteroatoms. The summed E-state index contributed by atoms with van der Waals surface area (Å²) in [6.45, 7) is 7.69. The molecule has 0 aromatic carbocycles. The van der Waals surface area contributed by atoms with Crippen molar-refractivity contribution in [2.75, 3.05) is 0 Å². The monoisotopic (exact) mass is 119 g/mol. The molecule has 0 N–H and O–H groups in total. The Kier molecular flexibility index (Phi) is 2.67. The van der Waals surface area contributed by atoms with E-state index in [0.29, 0.717) is 0 Å². The van der Waals surface area contributed by atoms with Crippen molar-refractivity contribution in [3.05, 3.63) is 6.92 Å². The highest BCUT2D eigenvalue weighted by molar-refractivity contribution is 6.23. The Morgan fingerprint density at radius 1 is 1.57 bits per heavy atom. The zero-order valence-corrected chi connectivity index (χ0v) is 5.76. The lowest BCUT2D eigenvalue weighted by molar-refractivity contribution is 0.635. The van der Waals surface area contributed by atoms with E-state index >= 15 is 0 Å². The summed E-state index contributed by atoms with van der Waals surface area (Å²) in [5, 5.41) is 0. The Morgan fingerprint density at radius 3 is 2.00 bits per heavy atom. The molecule has 0 bridgehead atoms.